The fraction of sp³-hybridized carbons (Fsp3) is 0.375. The van der Waals surface area contributed by atoms with Crippen molar-refractivity contribution in [3.63, 3.8) is 0 Å². The third-order valence-electron chi connectivity index (χ3n) is 1.41. The Balaban J connectivity index is 2.97. The number of ether oxygens (including phenoxy) is 2. The molecule has 0 aliphatic heterocycles. The van der Waals surface area contributed by atoms with Crippen LogP contribution in [0.25, 0.3) is 0 Å². The molecule has 6 heteroatoms. The topological polar surface area (TPSA) is 31.4 Å². The molecule has 78 valence electrons. The zero-order chi connectivity index (χ0) is 10.8. The van der Waals surface area contributed by atoms with Crippen molar-refractivity contribution in [3.8, 4) is 11.5 Å². The van der Waals surface area contributed by atoms with E-state index in [0.29, 0.717) is 5.69 Å². The van der Waals surface area contributed by atoms with Crippen molar-refractivity contribution in [2.75, 3.05) is 7.11 Å². The van der Waals surface area contributed by atoms with E-state index < -0.39 is 12.1 Å². The van der Waals surface area contributed by atoms with Gasteiger partial charge in [-0.1, -0.05) is 0 Å². The minimum Gasteiger partial charge on any atom is -0.493 e. The SMILES string of the molecule is COc1cc(C)ncc1OC(F)(F)F. The maximum Gasteiger partial charge on any atom is 0.573 e. The molecule has 0 spiro atoms. The highest BCUT2D eigenvalue weighted by Crippen LogP contribution is 2.31. The van der Waals surface area contributed by atoms with Crippen LogP contribution in [0.4, 0.5) is 13.2 Å². The zero-order valence-corrected chi connectivity index (χ0v) is 7.55. The lowest BCUT2D eigenvalue weighted by molar-refractivity contribution is -0.275. The Labute approximate surface area is 78.5 Å². The number of halogens is 3. The third kappa shape index (κ3) is 2.79. The van der Waals surface area contributed by atoms with Crippen molar-refractivity contribution in [2.45, 2.75) is 13.3 Å². The minimum absolute atomic E-state index is 0.00910. The number of alkyl halides is 3. The van der Waals surface area contributed by atoms with Crippen LogP contribution in [0.3, 0.4) is 0 Å². The number of aryl methyl sites for hydroxylation is 1. The molecular weight excluding hydrogens is 199 g/mol. The van der Waals surface area contributed by atoms with Crippen LogP contribution in [0, 0.1) is 6.92 Å². The first kappa shape index (κ1) is 10.6. The third-order valence-corrected chi connectivity index (χ3v) is 1.41. The number of hydrogen-bond acceptors (Lipinski definition) is 3. The van der Waals surface area contributed by atoms with Gasteiger partial charge < -0.3 is 9.47 Å². The maximum absolute atomic E-state index is 11.9. The molecule has 0 saturated heterocycles. The van der Waals surface area contributed by atoms with Crippen LogP contribution >= 0.6 is 0 Å². The number of pyridine rings is 1. The lowest BCUT2D eigenvalue weighted by Crippen LogP contribution is -2.17. The number of nitrogens with zero attached hydrogens (tertiary/aromatic N) is 1. The molecule has 0 aliphatic carbocycles. The summed E-state index contributed by atoms with van der Waals surface area (Å²) in [5, 5.41) is 0. The van der Waals surface area contributed by atoms with Crippen LogP contribution in [0.5, 0.6) is 11.5 Å². The minimum atomic E-state index is -4.73. The first-order valence-corrected chi connectivity index (χ1v) is 3.69. The Bertz CT molecular complexity index is 325. The van der Waals surface area contributed by atoms with Crippen molar-refractivity contribution >= 4 is 0 Å². The predicted octanol–water partition coefficient (Wildman–Crippen LogP) is 2.30. The highest BCUT2D eigenvalue weighted by Gasteiger charge is 2.32. The van der Waals surface area contributed by atoms with Crippen molar-refractivity contribution in [1.29, 1.82) is 0 Å². The summed E-state index contributed by atoms with van der Waals surface area (Å²) >= 11 is 0. The van der Waals surface area contributed by atoms with Crippen molar-refractivity contribution in [1.82, 2.24) is 4.98 Å². The molecular formula is C8H8F3NO2. The van der Waals surface area contributed by atoms with E-state index in [1.165, 1.54) is 13.2 Å². The van der Waals surface area contributed by atoms with Crippen LogP contribution in [-0.4, -0.2) is 18.5 Å². The van der Waals surface area contributed by atoms with Crippen molar-refractivity contribution in [2.24, 2.45) is 0 Å². The van der Waals surface area contributed by atoms with Crippen molar-refractivity contribution in [3.05, 3.63) is 18.0 Å². The molecule has 0 unspecified atom stereocenters. The highest BCUT2D eigenvalue weighted by molar-refractivity contribution is 5.38. The molecule has 3 nitrogen and oxygen atoms in total. The fourth-order valence-corrected chi connectivity index (χ4v) is 0.883. The quantitative estimate of drug-likeness (QED) is 0.745. The van der Waals surface area contributed by atoms with Gasteiger partial charge in [-0.2, -0.15) is 0 Å². The number of hydrogen-bond donors (Lipinski definition) is 0. The summed E-state index contributed by atoms with van der Waals surface area (Å²) in [6.07, 6.45) is -3.76. The molecule has 0 saturated carbocycles. The standard InChI is InChI=1S/C8H8F3NO2/c1-5-3-6(13-2)7(4-12-5)14-8(9,10)11/h3-4H,1-2H3. The van der Waals surface area contributed by atoms with E-state index >= 15 is 0 Å². The second-order valence-corrected chi connectivity index (χ2v) is 2.52. The first-order chi connectivity index (χ1) is 6.42. The number of aromatic nitrogens is 1. The van der Waals surface area contributed by atoms with Gasteiger partial charge in [-0.25, -0.2) is 0 Å². The van der Waals surface area contributed by atoms with Gasteiger partial charge in [-0.3, -0.25) is 4.98 Å². The molecule has 0 aromatic carbocycles. The lowest BCUT2D eigenvalue weighted by Gasteiger charge is -2.11. The molecule has 0 radical (unpaired) electrons. The largest absolute Gasteiger partial charge is 0.573 e. The smallest absolute Gasteiger partial charge is 0.493 e. The lowest BCUT2D eigenvalue weighted by atomic mass is 10.3. The monoisotopic (exact) mass is 207 g/mol. The highest BCUT2D eigenvalue weighted by atomic mass is 19.4. The molecule has 0 fully saturated rings. The maximum atomic E-state index is 11.9. The van der Waals surface area contributed by atoms with E-state index in [0.717, 1.165) is 6.20 Å². The predicted molar refractivity (Wildman–Crippen MR) is 42.2 cm³/mol. The van der Waals surface area contributed by atoms with Gasteiger partial charge in [-0.15, -0.1) is 13.2 Å². The van der Waals surface area contributed by atoms with Gasteiger partial charge >= 0.3 is 6.36 Å². The van der Waals surface area contributed by atoms with Crippen molar-refractivity contribution < 1.29 is 22.6 Å². The Morgan fingerprint density at radius 3 is 2.43 bits per heavy atom. The molecule has 0 N–H and O–H groups in total. The van der Waals surface area contributed by atoms with E-state index in [1.54, 1.807) is 6.92 Å². The molecule has 0 bridgehead atoms. The zero-order valence-electron chi connectivity index (χ0n) is 7.55. The molecule has 1 aromatic rings. The molecule has 1 heterocycles. The van der Waals surface area contributed by atoms with Crippen LogP contribution in [0.15, 0.2) is 12.3 Å². The van der Waals surface area contributed by atoms with E-state index in [-0.39, 0.29) is 5.75 Å². The summed E-state index contributed by atoms with van der Waals surface area (Å²) in [4.78, 5) is 3.67. The Kier molecular flexibility index (Phi) is 2.83. The van der Waals surface area contributed by atoms with Gasteiger partial charge in [0, 0.05) is 11.8 Å². The van der Waals surface area contributed by atoms with Gasteiger partial charge in [0.2, 0.25) is 0 Å². The van der Waals surface area contributed by atoms with Crippen LogP contribution in [-0.2, 0) is 0 Å². The Morgan fingerprint density at radius 2 is 1.93 bits per heavy atom. The van der Waals surface area contributed by atoms with E-state index in [2.05, 4.69) is 9.72 Å². The molecule has 14 heavy (non-hydrogen) atoms. The second kappa shape index (κ2) is 3.73. The summed E-state index contributed by atoms with van der Waals surface area (Å²) in [7, 11) is 1.26. The van der Waals surface area contributed by atoms with E-state index in [9.17, 15) is 13.2 Å². The molecule has 0 atom stereocenters. The van der Waals surface area contributed by atoms with Gasteiger partial charge in [-0.05, 0) is 6.92 Å². The van der Waals surface area contributed by atoms with Gasteiger partial charge in [0.05, 0.1) is 13.3 Å². The number of rotatable bonds is 2. The summed E-state index contributed by atoms with van der Waals surface area (Å²) < 4.78 is 44.0. The second-order valence-electron chi connectivity index (χ2n) is 2.52. The van der Waals surface area contributed by atoms with Gasteiger partial charge in [0.1, 0.15) is 0 Å². The summed E-state index contributed by atoms with van der Waals surface area (Å²) in [6.45, 7) is 1.64. The van der Waals surface area contributed by atoms with Crippen LogP contribution in [0.2, 0.25) is 0 Å². The van der Waals surface area contributed by atoms with Crippen LogP contribution < -0.4 is 9.47 Å². The van der Waals surface area contributed by atoms with E-state index in [1.807, 2.05) is 0 Å². The average molecular weight is 207 g/mol. The summed E-state index contributed by atoms with van der Waals surface area (Å²) in [5.74, 6) is -0.430. The Morgan fingerprint density at radius 1 is 1.29 bits per heavy atom. The Hall–Kier alpha value is -1.46. The summed E-state index contributed by atoms with van der Waals surface area (Å²) in [6, 6.07) is 1.36. The molecule has 0 aliphatic rings. The average Bonchev–Trinajstić information content (AvgIpc) is 2.06. The first-order valence-electron chi connectivity index (χ1n) is 3.69. The van der Waals surface area contributed by atoms with E-state index in [4.69, 9.17) is 4.74 Å². The number of methoxy groups -OCH3 is 1. The van der Waals surface area contributed by atoms with Crippen LogP contribution in [0.1, 0.15) is 5.69 Å². The summed E-state index contributed by atoms with van der Waals surface area (Å²) in [5.41, 5.74) is 0.552. The fourth-order valence-electron chi connectivity index (χ4n) is 0.883. The van der Waals surface area contributed by atoms with Gasteiger partial charge in [0.15, 0.2) is 11.5 Å². The molecule has 0 amide bonds. The molecule has 1 aromatic heterocycles. The van der Waals surface area contributed by atoms with Gasteiger partial charge in [0.25, 0.3) is 0 Å². The molecule has 1 rings (SSSR count). The normalized spacial score (nSPS) is 11.2.